The number of carbonyl (C=O) groups is 2. The molecule has 0 radical (unpaired) electrons. The van der Waals surface area contributed by atoms with Crippen LogP contribution in [-0.2, 0) is 4.79 Å². The summed E-state index contributed by atoms with van der Waals surface area (Å²) in [6.45, 7) is 5.19. The van der Waals surface area contributed by atoms with E-state index in [4.69, 9.17) is 0 Å². The molecular weight excluding hydrogens is 271 g/mol. The van der Waals surface area contributed by atoms with Gasteiger partial charge in [-0.2, -0.15) is 0 Å². The predicted molar refractivity (Wildman–Crippen MR) is 78.1 cm³/mol. The highest BCUT2D eigenvalue weighted by atomic mass is 19.1. The molecule has 2 aliphatic heterocycles. The van der Waals surface area contributed by atoms with Gasteiger partial charge in [-0.25, -0.2) is 4.39 Å². The third-order valence-corrected chi connectivity index (χ3v) is 4.22. The first-order chi connectivity index (χ1) is 10.1. The Balaban J connectivity index is 1.74. The fourth-order valence-electron chi connectivity index (χ4n) is 3.19. The maximum atomic E-state index is 14.1. The van der Waals surface area contributed by atoms with Crippen LogP contribution in [0.1, 0.15) is 35.2 Å². The van der Waals surface area contributed by atoms with Gasteiger partial charge in [-0.3, -0.25) is 9.59 Å². The van der Waals surface area contributed by atoms with Crippen molar-refractivity contribution in [3.8, 4) is 0 Å². The zero-order valence-electron chi connectivity index (χ0n) is 12.2. The molecule has 0 aliphatic carbocycles. The van der Waals surface area contributed by atoms with Crippen LogP contribution in [0.3, 0.4) is 0 Å². The molecule has 0 atom stereocenters. The van der Waals surface area contributed by atoms with Crippen molar-refractivity contribution >= 4 is 17.4 Å². The molecule has 0 N–H and O–H groups in total. The molecule has 112 valence electrons. The van der Waals surface area contributed by atoms with Gasteiger partial charge in [0.05, 0.1) is 11.3 Å². The first-order valence-electron chi connectivity index (χ1n) is 7.46. The number of nitrogens with zero attached hydrogens (tertiary/aromatic N) is 2. The minimum absolute atomic E-state index is 0.164. The minimum atomic E-state index is -0.601. The Labute approximate surface area is 123 Å². The Morgan fingerprint density at radius 3 is 2.57 bits per heavy atom. The largest absolute Gasteiger partial charge is 0.303 e. The van der Waals surface area contributed by atoms with Crippen molar-refractivity contribution in [3.05, 3.63) is 29.1 Å². The number of Topliss-reactive ketones (excluding diaryl/α,β-unsaturated/α-hetero) is 1. The van der Waals surface area contributed by atoms with Crippen molar-refractivity contribution in [3.63, 3.8) is 0 Å². The molecule has 5 heteroatoms. The summed E-state index contributed by atoms with van der Waals surface area (Å²) < 4.78 is 14.1. The van der Waals surface area contributed by atoms with E-state index < -0.39 is 17.5 Å². The number of carbonyl (C=O) groups excluding carboxylic acids is 2. The summed E-state index contributed by atoms with van der Waals surface area (Å²) >= 11 is 0. The summed E-state index contributed by atoms with van der Waals surface area (Å²) in [5, 5.41) is 0. The van der Waals surface area contributed by atoms with E-state index in [2.05, 4.69) is 4.90 Å². The highest BCUT2D eigenvalue weighted by molar-refractivity contribution is 6.52. The second-order valence-electron chi connectivity index (χ2n) is 5.83. The molecular formula is C16H19FN2O2. The van der Waals surface area contributed by atoms with Gasteiger partial charge in [-0.15, -0.1) is 0 Å². The van der Waals surface area contributed by atoms with E-state index in [0.29, 0.717) is 12.1 Å². The topological polar surface area (TPSA) is 40.6 Å². The smallest absolute Gasteiger partial charge is 0.299 e. The summed E-state index contributed by atoms with van der Waals surface area (Å²) in [5.41, 5.74) is 1.03. The van der Waals surface area contributed by atoms with Crippen LogP contribution in [-0.4, -0.2) is 42.8 Å². The number of amides is 1. The normalized spacial score (nSPS) is 18.7. The zero-order valence-corrected chi connectivity index (χ0v) is 12.2. The molecule has 1 aromatic carbocycles. The molecule has 1 fully saturated rings. The maximum Gasteiger partial charge on any atom is 0.299 e. The van der Waals surface area contributed by atoms with Crippen molar-refractivity contribution in [1.29, 1.82) is 0 Å². The Hall–Kier alpha value is -1.75. The summed E-state index contributed by atoms with van der Waals surface area (Å²) in [5.74, 6) is -1.67. The molecule has 21 heavy (non-hydrogen) atoms. The quantitative estimate of drug-likeness (QED) is 0.798. The van der Waals surface area contributed by atoms with E-state index in [1.54, 1.807) is 13.0 Å². The third-order valence-electron chi connectivity index (χ3n) is 4.22. The maximum absolute atomic E-state index is 14.1. The van der Waals surface area contributed by atoms with E-state index in [1.807, 2.05) is 0 Å². The van der Waals surface area contributed by atoms with Crippen molar-refractivity contribution in [2.45, 2.75) is 26.2 Å². The first kappa shape index (κ1) is 14.2. The van der Waals surface area contributed by atoms with Crippen molar-refractivity contribution in [2.24, 2.45) is 0 Å². The molecule has 0 bridgehead atoms. The molecule has 0 unspecified atom stereocenters. The lowest BCUT2D eigenvalue weighted by molar-refractivity contribution is -0.114. The van der Waals surface area contributed by atoms with Crippen molar-refractivity contribution in [2.75, 3.05) is 31.1 Å². The Bertz CT molecular complexity index is 594. The lowest BCUT2D eigenvalue weighted by atomic mass is 10.1. The van der Waals surface area contributed by atoms with Gasteiger partial charge in [-0.05, 0) is 63.5 Å². The Morgan fingerprint density at radius 1 is 1.14 bits per heavy atom. The molecule has 1 aromatic rings. The third kappa shape index (κ3) is 2.58. The van der Waals surface area contributed by atoms with Crippen LogP contribution < -0.4 is 4.90 Å². The molecule has 0 spiro atoms. The Morgan fingerprint density at radius 2 is 1.86 bits per heavy atom. The molecule has 2 aliphatic rings. The first-order valence-corrected chi connectivity index (χ1v) is 7.46. The van der Waals surface area contributed by atoms with Gasteiger partial charge in [0.1, 0.15) is 5.82 Å². The number of ketones is 1. The van der Waals surface area contributed by atoms with Crippen LogP contribution in [0.25, 0.3) is 0 Å². The van der Waals surface area contributed by atoms with Gasteiger partial charge in [0.15, 0.2) is 0 Å². The molecule has 2 heterocycles. The van der Waals surface area contributed by atoms with E-state index in [9.17, 15) is 14.0 Å². The monoisotopic (exact) mass is 290 g/mol. The van der Waals surface area contributed by atoms with Crippen LogP contribution in [0.5, 0.6) is 0 Å². The fraction of sp³-hybridized carbons (Fsp3) is 0.500. The van der Waals surface area contributed by atoms with E-state index >= 15 is 0 Å². The van der Waals surface area contributed by atoms with Crippen molar-refractivity contribution in [1.82, 2.24) is 4.90 Å². The number of rotatable bonds is 4. The number of fused-ring (bicyclic) bond motifs is 1. The summed E-state index contributed by atoms with van der Waals surface area (Å²) in [6.07, 6.45) is 3.20. The second-order valence-corrected chi connectivity index (χ2v) is 5.83. The fourth-order valence-corrected chi connectivity index (χ4v) is 3.19. The summed E-state index contributed by atoms with van der Waals surface area (Å²) in [4.78, 5) is 27.7. The number of benzene rings is 1. The average molecular weight is 290 g/mol. The minimum Gasteiger partial charge on any atom is -0.303 e. The SMILES string of the molecule is Cc1cc(F)c2c(c1)C(=O)C(=O)N2CCCN1CCCC1. The zero-order chi connectivity index (χ0) is 15.0. The summed E-state index contributed by atoms with van der Waals surface area (Å²) in [6, 6.07) is 2.97. The van der Waals surface area contributed by atoms with Crippen LogP contribution in [0.4, 0.5) is 10.1 Å². The number of anilines is 1. The van der Waals surface area contributed by atoms with Gasteiger partial charge < -0.3 is 9.80 Å². The van der Waals surface area contributed by atoms with E-state index in [-0.39, 0.29) is 11.3 Å². The molecule has 0 saturated carbocycles. The molecule has 1 amide bonds. The number of halogens is 1. The molecule has 0 aromatic heterocycles. The highest BCUT2D eigenvalue weighted by Gasteiger charge is 2.37. The molecule has 3 rings (SSSR count). The van der Waals surface area contributed by atoms with Gasteiger partial charge in [0.25, 0.3) is 11.7 Å². The Kier molecular flexibility index (Phi) is 3.76. The van der Waals surface area contributed by atoms with Crippen LogP contribution >= 0.6 is 0 Å². The predicted octanol–water partition coefficient (Wildman–Crippen LogP) is 2.15. The second kappa shape index (κ2) is 5.56. The number of hydrogen-bond acceptors (Lipinski definition) is 3. The summed E-state index contributed by atoms with van der Waals surface area (Å²) in [7, 11) is 0. The lowest BCUT2D eigenvalue weighted by Crippen LogP contribution is -2.33. The van der Waals surface area contributed by atoms with Gasteiger partial charge in [-0.1, -0.05) is 0 Å². The number of hydrogen-bond donors (Lipinski definition) is 0. The molecule has 4 nitrogen and oxygen atoms in total. The van der Waals surface area contributed by atoms with E-state index in [0.717, 1.165) is 26.1 Å². The lowest BCUT2D eigenvalue weighted by Gasteiger charge is -2.20. The van der Waals surface area contributed by atoms with Crippen LogP contribution in [0, 0.1) is 12.7 Å². The van der Waals surface area contributed by atoms with Crippen LogP contribution in [0.2, 0.25) is 0 Å². The number of aryl methyl sites for hydroxylation is 1. The average Bonchev–Trinajstić information content (AvgIpc) is 3.02. The standard InChI is InChI=1S/C16H19FN2O2/c1-11-9-12-14(13(17)10-11)19(16(21)15(12)20)8-4-7-18-5-2-3-6-18/h9-10H,2-8H2,1H3. The highest BCUT2D eigenvalue weighted by Crippen LogP contribution is 2.32. The van der Waals surface area contributed by atoms with Crippen LogP contribution in [0.15, 0.2) is 12.1 Å². The van der Waals surface area contributed by atoms with Gasteiger partial charge >= 0.3 is 0 Å². The van der Waals surface area contributed by atoms with Crippen molar-refractivity contribution < 1.29 is 14.0 Å². The molecule has 1 saturated heterocycles. The van der Waals surface area contributed by atoms with Gasteiger partial charge in [0, 0.05) is 6.54 Å². The van der Waals surface area contributed by atoms with E-state index in [1.165, 1.54) is 23.8 Å². The van der Waals surface area contributed by atoms with Gasteiger partial charge in [0.2, 0.25) is 0 Å². The number of likely N-dealkylation sites (tertiary alicyclic amines) is 1.